The van der Waals surface area contributed by atoms with E-state index in [1.807, 2.05) is 0 Å². The van der Waals surface area contributed by atoms with Gasteiger partial charge in [-0.05, 0) is 37.0 Å². The summed E-state index contributed by atoms with van der Waals surface area (Å²) in [5.74, 6) is -0.695. The van der Waals surface area contributed by atoms with E-state index in [0.29, 0.717) is 4.77 Å². The van der Waals surface area contributed by atoms with Crippen LogP contribution in [0.2, 0.25) is 0 Å². The predicted octanol–water partition coefficient (Wildman–Crippen LogP) is 2.03. The normalized spacial score (nSPS) is 19.6. The van der Waals surface area contributed by atoms with Gasteiger partial charge in [-0.25, -0.2) is 4.98 Å². The average Bonchev–Trinajstić information content (AvgIpc) is 2.18. The molecular formula is C10H12N2O2S. The number of hydrogen-bond acceptors (Lipinski definition) is 3. The van der Waals surface area contributed by atoms with Crippen LogP contribution in [0.15, 0.2) is 6.20 Å². The SMILES string of the molecule is O=C(O)CC1CCCc2cnc(=S)[nH]c21. The second-order valence-electron chi connectivity index (χ2n) is 3.81. The third-order valence-corrected chi connectivity index (χ3v) is 2.96. The minimum atomic E-state index is -0.760. The maximum absolute atomic E-state index is 10.7. The summed E-state index contributed by atoms with van der Waals surface area (Å²) in [5, 5.41) is 8.81. The highest BCUT2D eigenvalue weighted by molar-refractivity contribution is 7.71. The van der Waals surface area contributed by atoms with E-state index >= 15 is 0 Å². The van der Waals surface area contributed by atoms with Gasteiger partial charge in [-0.2, -0.15) is 0 Å². The molecule has 4 nitrogen and oxygen atoms in total. The second kappa shape index (κ2) is 4.10. The van der Waals surface area contributed by atoms with Crippen LogP contribution in [-0.4, -0.2) is 21.0 Å². The van der Waals surface area contributed by atoms with E-state index in [1.165, 1.54) is 0 Å². The molecule has 1 aromatic rings. The minimum absolute atomic E-state index is 0.0657. The Balaban J connectivity index is 2.36. The van der Waals surface area contributed by atoms with Gasteiger partial charge in [0.1, 0.15) is 0 Å². The molecule has 80 valence electrons. The van der Waals surface area contributed by atoms with Crippen LogP contribution >= 0.6 is 12.2 Å². The molecule has 0 fully saturated rings. The van der Waals surface area contributed by atoms with Crippen molar-refractivity contribution in [2.45, 2.75) is 31.6 Å². The van der Waals surface area contributed by atoms with Gasteiger partial charge in [0, 0.05) is 17.8 Å². The summed E-state index contributed by atoms with van der Waals surface area (Å²) >= 11 is 4.95. The monoisotopic (exact) mass is 224 g/mol. The summed E-state index contributed by atoms with van der Waals surface area (Å²) < 4.78 is 0.436. The van der Waals surface area contributed by atoms with E-state index in [4.69, 9.17) is 17.3 Å². The third-order valence-electron chi connectivity index (χ3n) is 2.75. The Morgan fingerprint density at radius 3 is 3.27 bits per heavy atom. The van der Waals surface area contributed by atoms with E-state index in [1.54, 1.807) is 6.20 Å². The fraction of sp³-hybridized carbons (Fsp3) is 0.500. The maximum atomic E-state index is 10.7. The summed E-state index contributed by atoms with van der Waals surface area (Å²) in [6.07, 6.45) is 4.83. The molecule has 0 saturated heterocycles. The number of hydrogen-bond donors (Lipinski definition) is 2. The number of carboxylic acid groups (broad SMARTS) is 1. The molecule has 1 atom stereocenters. The van der Waals surface area contributed by atoms with Gasteiger partial charge in [-0.15, -0.1) is 0 Å². The predicted molar refractivity (Wildman–Crippen MR) is 57.4 cm³/mol. The van der Waals surface area contributed by atoms with Crippen LogP contribution in [0.5, 0.6) is 0 Å². The molecular weight excluding hydrogens is 212 g/mol. The van der Waals surface area contributed by atoms with Gasteiger partial charge in [0.25, 0.3) is 0 Å². The Bertz CT molecular complexity index is 441. The molecule has 0 aliphatic heterocycles. The van der Waals surface area contributed by atoms with Crippen molar-refractivity contribution in [2.24, 2.45) is 0 Å². The Labute approximate surface area is 92.4 Å². The Morgan fingerprint density at radius 1 is 1.73 bits per heavy atom. The van der Waals surface area contributed by atoms with Gasteiger partial charge in [-0.3, -0.25) is 4.79 Å². The standard InChI is InChI=1S/C10H12N2O2S/c13-8(14)4-6-2-1-3-7-5-11-10(15)12-9(6)7/h5-6H,1-4H2,(H,13,14)(H,11,12,15). The van der Waals surface area contributed by atoms with E-state index in [-0.39, 0.29) is 12.3 Å². The number of aliphatic carboxylic acids is 1. The first kappa shape index (κ1) is 10.3. The first-order chi connectivity index (χ1) is 7.16. The maximum Gasteiger partial charge on any atom is 0.304 e. The van der Waals surface area contributed by atoms with Crippen molar-refractivity contribution in [1.82, 2.24) is 9.97 Å². The van der Waals surface area contributed by atoms with Crippen LogP contribution in [0.1, 0.15) is 36.4 Å². The zero-order valence-corrected chi connectivity index (χ0v) is 9.01. The summed E-state index contributed by atoms with van der Waals surface area (Å²) in [7, 11) is 0. The van der Waals surface area contributed by atoms with Crippen molar-refractivity contribution >= 4 is 18.2 Å². The smallest absolute Gasteiger partial charge is 0.304 e. The highest BCUT2D eigenvalue weighted by Crippen LogP contribution is 2.31. The van der Waals surface area contributed by atoms with Gasteiger partial charge < -0.3 is 10.1 Å². The van der Waals surface area contributed by atoms with Crippen LogP contribution in [0.25, 0.3) is 0 Å². The van der Waals surface area contributed by atoms with Crippen molar-refractivity contribution < 1.29 is 9.90 Å². The van der Waals surface area contributed by atoms with Crippen molar-refractivity contribution in [3.8, 4) is 0 Å². The Kier molecular flexibility index (Phi) is 2.81. The van der Waals surface area contributed by atoms with Crippen LogP contribution in [0, 0.1) is 4.77 Å². The summed E-state index contributed by atoms with van der Waals surface area (Å²) in [6.45, 7) is 0. The number of rotatable bonds is 2. The summed E-state index contributed by atoms with van der Waals surface area (Å²) in [6, 6.07) is 0. The Morgan fingerprint density at radius 2 is 2.53 bits per heavy atom. The van der Waals surface area contributed by atoms with Crippen LogP contribution in [-0.2, 0) is 11.2 Å². The first-order valence-electron chi connectivity index (χ1n) is 4.96. The zero-order chi connectivity index (χ0) is 10.8. The lowest BCUT2D eigenvalue weighted by Crippen LogP contribution is -2.15. The van der Waals surface area contributed by atoms with Gasteiger partial charge >= 0.3 is 5.97 Å². The largest absolute Gasteiger partial charge is 0.481 e. The lowest BCUT2D eigenvalue weighted by Gasteiger charge is -2.23. The van der Waals surface area contributed by atoms with Crippen LogP contribution in [0.4, 0.5) is 0 Å². The zero-order valence-electron chi connectivity index (χ0n) is 8.19. The molecule has 1 aliphatic rings. The second-order valence-corrected chi connectivity index (χ2v) is 4.20. The number of aryl methyl sites for hydroxylation is 1. The van der Waals surface area contributed by atoms with Crippen LogP contribution in [0.3, 0.4) is 0 Å². The molecule has 1 aliphatic carbocycles. The molecule has 1 unspecified atom stereocenters. The van der Waals surface area contributed by atoms with E-state index in [9.17, 15) is 4.79 Å². The third kappa shape index (κ3) is 2.23. The number of fused-ring (bicyclic) bond motifs is 1. The molecule has 1 aromatic heterocycles. The van der Waals surface area contributed by atoms with Crippen molar-refractivity contribution in [3.63, 3.8) is 0 Å². The highest BCUT2D eigenvalue weighted by atomic mass is 32.1. The highest BCUT2D eigenvalue weighted by Gasteiger charge is 2.23. The number of carbonyl (C=O) groups is 1. The molecule has 5 heteroatoms. The lowest BCUT2D eigenvalue weighted by atomic mass is 9.85. The molecule has 1 heterocycles. The minimum Gasteiger partial charge on any atom is -0.481 e. The average molecular weight is 224 g/mol. The first-order valence-corrected chi connectivity index (χ1v) is 5.37. The van der Waals surface area contributed by atoms with E-state index in [0.717, 1.165) is 30.5 Å². The summed E-state index contributed by atoms with van der Waals surface area (Å²) in [5.41, 5.74) is 2.09. The molecule has 0 spiro atoms. The van der Waals surface area contributed by atoms with Crippen molar-refractivity contribution in [3.05, 3.63) is 22.2 Å². The number of nitrogens with one attached hydrogen (secondary N) is 1. The number of aromatic nitrogens is 2. The van der Waals surface area contributed by atoms with Crippen LogP contribution < -0.4 is 0 Å². The summed E-state index contributed by atoms with van der Waals surface area (Å²) in [4.78, 5) is 17.7. The molecule has 2 rings (SSSR count). The van der Waals surface area contributed by atoms with Gasteiger partial charge in [-0.1, -0.05) is 0 Å². The molecule has 0 bridgehead atoms. The van der Waals surface area contributed by atoms with E-state index < -0.39 is 5.97 Å². The molecule has 2 N–H and O–H groups in total. The molecule has 0 radical (unpaired) electrons. The molecule has 0 saturated carbocycles. The topological polar surface area (TPSA) is 66.0 Å². The quantitative estimate of drug-likeness (QED) is 0.754. The number of nitrogens with zero attached hydrogens (tertiary/aromatic N) is 1. The lowest BCUT2D eigenvalue weighted by molar-refractivity contribution is -0.137. The van der Waals surface area contributed by atoms with Gasteiger partial charge in [0.2, 0.25) is 0 Å². The Hall–Kier alpha value is -1.23. The number of H-pyrrole nitrogens is 1. The van der Waals surface area contributed by atoms with E-state index in [2.05, 4.69) is 9.97 Å². The molecule has 15 heavy (non-hydrogen) atoms. The molecule has 0 amide bonds. The fourth-order valence-electron chi connectivity index (χ4n) is 2.10. The van der Waals surface area contributed by atoms with Gasteiger partial charge in [0.05, 0.1) is 6.42 Å². The van der Waals surface area contributed by atoms with Gasteiger partial charge in [0.15, 0.2) is 4.77 Å². The number of aromatic amines is 1. The molecule has 0 aromatic carbocycles. The number of carboxylic acids is 1. The van der Waals surface area contributed by atoms with Crippen molar-refractivity contribution in [2.75, 3.05) is 0 Å². The fourth-order valence-corrected chi connectivity index (χ4v) is 2.26. The van der Waals surface area contributed by atoms with Crippen molar-refractivity contribution in [1.29, 1.82) is 0 Å².